The molecule has 0 saturated carbocycles. The third-order valence-electron chi connectivity index (χ3n) is 2.32. The summed E-state index contributed by atoms with van der Waals surface area (Å²) in [5, 5.41) is 4.00. The van der Waals surface area contributed by atoms with Gasteiger partial charge in [0.05, 0.1) is 5.71 Å². The Morgan fingerprint density at radius 2 is 2.00 bits per heavy atom. The fourth-order valence-electron chi connectivity index (χ4n) is 1.66. The minimum atomic E-state index is 0.0544. The Labute approximate surface area is 82.4 Å². The normalized spacial score (nSPS) is 25.8. The second-order valence-electron chi connectivity index (χ2n) is 3.38. The summed E-state index contributed by atoms with van der Waals surface area (Å²) in [6, 6.07) is 0. The molecule has 2 heteroatoms. The molecule has 0 fully saturated rings. The van der Waals surface area contributed by atoms with Gasteiger partial charge in [-0.25, -0.2) is 0 Å². The van der Waals surface area contributed by atoms with Crippen LogP contribution in [0.25, 0.3) is 0 Å². The van der Waals surface area contributed by atoms with Crippen LogP contribution in [-0.2, 0) is 4.84 Å². The van der Waals surface area contributed by atoms with Gasteiger partial charge in [0.25, 0.3) is 0 Å². The van der Waals surface area contributed by atoms with Crippen LogP contribution in [0.4, 0.5) is 0 Å². The van der Waals surface area contributed by atoms with E-state index in [-0.39, 0.29) is 5.60 Å². The number of rotatable bonds is 3. The van der Waals surface area contributed by atoms with Gasteiger partial charge in [0, 0.05) is 6.42 Å². The average Bonchev–Trinajstić information content (AvgIpc) is 2.53. The van der Waals surface area contributed by atoms with Crippen LogP contribution in [0.1, 0.15) is 60.3 Å². The van der Waals surface area contributed by atoms with E-state index < -0.39 is 0 Å². The van der Waals surface area contributed by atoms with Crippen molar-refractivity contribution in [1.82, 2.24) is 0 Å². The van der Waals surface area contributed by atoms with Crippen molar-refractivity contribution in [3.8, 4) is 0 Å². The van der Waals surface area contributed by atoms with E-state index >= 15 is 0 Å². The Morgan fingerprint density at radius 1 is 1.38 bits per heavy atom. The third kappa shape index (κ3) is 3.37. The van der Waals surface area contributed by atoms with E-state index in [4.69, 9.17) is 4.84 Å². The summed E-state index contributed by atoms with van der Waals surface area (Å²) in [5.41, 5.74) is 1.19. The average molecular weight is 185 g/mol. The Morgan fingerprint density at radius 3 is 2.31 bits per heavy atom. The predicted octanol–water partition coefficient (Wildman–Crippen LogP) is 3.76. The molecule has 2 nitrogen and oxygen atoms in total. The van der Waals surface area contributed by atoms with Gasteiger partial charge in [-0.2, -0.15) is 0 Å². The summed E-state index contributed by atoms with van der Waals surface area (Å²) in [6.07, 6.45) is 4.40. The van der Waals surface area contributed by atoms with Crippen LogP contribution < -0.4 is 0 Å². The maximum absolute atomic E-state index is 5.43. The molecule has 0 aromatic rings. The van der Waals surface area contributed by atoms with Crippen molar-refractivity contribution in [2.45, 2.75) is 65.9 Å². The minimum Gasteiger partial charge on any atom is -0.389 e. The zero-order valence-electron chi connectivity index (χ0n) is 9.68. The van der Waals surface area contributed by atoms with Crippen molar-refractivity contribution >= 4 is 5.71 Å². The molecule has 1 unspecified atom stereocenters. The monoisotopic (exact) mass is 185 g/mol. The maximum atomic E-state index is 5.43. The van der Waals surface area contributed by atoms with Gasteiger partial charge in [-0.15, -0.1) is 0 Å². The van der Waals surface area contributed by atoms with Crippen LogP contribution in [0, 0.1) is 0 Å². The number of hydrogen-bond acceptors (Lipinski definition) is 2. The molecule has 1 heterocycles. The van der Waals surface area contributed by atoms with Gasteiger partial charge in [-0.1, -0.05) is 39.3 Å². The van der Waals surface area contributed by atoms with Crippen LogP contribution >= 0.6 is 0 Å². The standard InChI is InChI=1S/C9H17NO.C2H6/c1-4-6-9(5-2)7-8(3)10-11-9;1-2/h4-7H2,1-3H3;1-2H3. The largest absolute Gasteiger partial charge is 0.389 e. The van der Waals surface area contributed by atoms with E-state index in [1.807, 2.05) is 20.8 Å². The topological polar surface area (TPSA) is 21.6 Å². The second-order valence-corrected chi connectivity index (χ2v) is 3.38. The van der Waals surface area contributed by atoms with Crippen LogP contribution in [0.15, 0.2) is 5.16 Å². The van der Waals surface area contributed by atoms with Crippen molar-refractivity contribution in [1.29, 1.82) is 0 Å². The summed E-state index contributed by atoms with van der Waals surface area (Å²) in [5.74, 6) is 0. The molecule has 78 valence electrons. The summed E-state index contributed by atoms with van der Waals surface area (Å²) in [4.78, 5) is 5.43. The van der Waals surface area contributed by atoms with Gasteiger partial charge in [0.15, 0.2) is 0 Å². The van der Waals surface area contributed by atoms with Crippen molar-refractivity contribution in [2.75, 3.05) is 0 Å². The first-order valence-corrected chi connectivity index (χ1v) is 5.44. The Balaban J connectivity index is 0.000000671. The van der Waals surface area contributed by atoms with Gasteiger partial charge in [0.2, 0.25) is 0 Å². The number of oxime groups is 1. The summed E-state index contributed by atoms with van der Waals surface area (Å²) in [7, 11) is 0. The quantitative estimate of drug-likeness (QED) is 0.656. The van der Waals surface area contributed by atoms with E-state index in [0.29, 0.717) is 0 Å². The highest BCUT2D eigenvalue weighted by Gasteiger charge is 2.34. The molecule has 1 aliphatic rings. The van der Waals surface area contributed by atoms with Crippen LogP contribution in [0.2, 0.25) is 0 Å². The summed E-state index contributed by atoms with van der Waals surface area (Å²) >= 11 is 0. The molecular weight excluding hydrogens is 162 g/mol. The molecule has 13 heavy (non-hydrogen) atoms. The van der Waals surface area contributed by atoms with Gasteiger partial charge < -0.3 is 4.84 Å². The summed E-state index contributed by atoms with van der Waals surface area (Å²) in [6.45, 7) is 10.4. The predicted molar refractivity (Wildman–Crippen MR) is 58.1 cm³/mol. The van der Waals surface area contributed by atoms with E-state index in [1.54, 1.807) is 0 Å². The van der Waals surface area contributed by atoms with Crippen molar-refractivity contribution in [2.24, 2.45) is 5.16 Å². The van der Waals surface area contributed by atoms with E-state index in [2.05, 4.69) is 19.0 Å². The smallest absolute Gasteiger partial charge is 0.142 e. The minimum absolute atomic E-state index is 0.0544. The Kier molecular flexibility index (Phi) is 5.76. The van der Waals surface area contributed by atoms with Crippen molar-refractivity contribution in [3.05, 3.63) is 0 Å². The lowest BCUT2D eigenvalue weighted by Gasteiger charge is -2.23. The summed E-state index contributed by atoms with van der Waals surface area (Å²) < 4.78 is 0. The van der Waals surface area contributed by atoms with E-state index in [1.165, 1.54) is 6.42 Å². The first-order chi connectivity index (χ1) is 6.22. The molecule has 0 radical (unpaired) electrons. The lowest BCUT2D eigenvalue weighted by Crippen LogP contribution is -2.27. The van der Waals surface area contributed by atoms with Crippen molar-refractivity contribution < 1.29 is 4.84 Å². The molecule has 1 rings (SSSR count). The van der Waals surface area contributed by atoms with Gasteiger partial charge in [-0.05, 0) is 19.8 Å². The van der Waals surface area contributed by atoms with Crippen molar-refractivity contribution in [3.63, 3.8) is 0 Å². The SMILES string of the molecule is CC.CCCC1(CC)CC(C)=NO1. The van der Waals surface area contributed by atoms with E-state index in [9.17, 15) is 0 Å². The Bertz CT molecular complexity index is 165. The molecule has 0 amide bonds. The lowest BCUT2D eigenvalue weighted by molar-refractivity contribution is -0.0284. The maximum Gasteiger partial charge on any atom is 0.142 e. The van der Waals surface area contributed by atoms with Gasteiger partial charge in [-0.3, -0.25) is 0 Å². The van der Waals surface area contributed by atoms with Gasteiger partial charge in [0.1, 0.15) is 5.60 Å². The molecule has 1 atom stereocenters. The number of hydrogen-bond donors (Lipinski definition) is 0. The second kappa shape index (κ2) is 6.01. The number of nitrogens with zero attached hydrogens (tertiary/aromatic N) is 1. The Hall–Kier alpha value is -0.530. The molecule has 0 aromatic heterocycles. The zero-order valence-corrected chi connectivity index (χ0v) is 9.68. The molecule has 0 aromatic carbocycles. The fraction of sp³-hybridized carbons (Fsp3) is 0.909. The first-order valence-electron chi connectivity index (χ1n) is 5.44. The lowest BCUT2D eigenvalue weighted by atomic mass is 9.90. The highest BCUT2D eigenvalue weighted by molar-refractivity contribution is 5.83. The highest BCUT2D eigenvalue weighted by atomic mass is 16.7. The van der Waals surface area contributed by atoms with Crippen LogP contribution in [0.3, 0.4) is 0 Å². The molecule has 0 spiro atoms. The molecule has 0 N–H and O–H groups in total. The zero-order chi connectivity index (χ0) is 10.3. The molecule has 0 aliphatic carbocycles. The molecular formula is C11H23NO. The van der Waals surface area contributed by atoms with Crippen LogP contribution in [-0.4, -0.2) is 11.3 Å². The van der Waals surface area contributed by atoms with Gasteiger partial charge >= 0.3 is 0 Å². The first kappa shape index (κ1) is 12.5. The molecule has 0 bridgehead atoms. The van der Waals surface area contributed by atoms with Crippen LogP contribution in [0.5, 0.6) is 0 Å². The molecule has 1 aliphatic heterocycles. The molecule has 0 saturated heterocycles. The van der Waals surface area contributed by atoms with E-state index in [0.717, 1.165) is 25.0 Å². The highest BCUT2D eigenvalue weighted by Crippen LogP contribution is 2.31. The fourth-order valence-corrected chi connectivity index (χ4v) is 1.66. The third-order valence-corrected chi connectivity index (χ3v) is 2.32.